The number of nitrogens with zero attached hydrogens (tertiary/aromatic N) is 3. The molecule has 1 aliphatic rings. The second-order valence-corrected chi connectivity index (χ2v) is 6.42. The third-order valence-corrected chi connectivity index (χ3v) is 4.95. The summed E-state index contributed by atoms with van der Waals surface area (Å²) in [6.45, 7) is 6.63. The molecule has 2 aromatic carbocycles. The number of aromatic nitrogens is 1. The highest BCUT2D eigenvalue weighted by atomic mass is 15.4. The van der Waals surface area contributed by atoms with Crippen LogP contribution in [-0.4, -0.2) is 23.1 Å². The molecule has 0 bridgehead atoms. The van der Waals surface area contributed by atoms with Crippen LogP contribution in [0.5, 0.6) is 0 Å². The summed E-state index contributed by atoms with van der Waals surface area (Å²) < 4.78 is 0. The largest absolute Gasteiger partial charge is 0.359 e. The van der Waals surface area contributed by atoms with Crippen LogP contribution in [0.25, 0.3) is 21.7 Å². The molecule has 0 aliphatic carbocycles. The number of anilines is 1. The molecule has 1 atom stereocenters. The zero-order valence-corrected chi connectivity index (χ0v) is 14.0. The van der Waals surface area contributed by atoms with Crippen molar-refractivity contribution < 1.29 is 0 Å². The van der Waals surface area contributed by atoms with Gasteiger partial charge in [0.25, 0.3) is 0 Å². The van der Waals surface area contributed by atoms with Crippen LogP contribution in [0.4, 0.5) is 5.69 Å². The minimum absolute atomic E-state index is 0.323. The van der Waals surface area contributed by atoms with E-state index in [2.05, 4.69) is 79.3 Å². The van der Waals surface area contributed by atoms with Crippen molar-refractivity contribution in [1.29, 1.82) is 0 Å². The number of rotatable bonds is 1. The van der Waals surface area contributed by atoms with Crippen LogP contribution < -0.4 is 4.90 Å². The highest BCUT2D eigenvalue weighted by Gasteiger charge is 2.24. The van der Waals surface area contributed by atoms with Gasteiger partial charge in [0, 0.05) is 36.4 Å². The molecule has 3 nitrogen and oxygen atoms in total. The van der Waals surface area contributed by atoms with Gasteiger partial charge in [0.1, 0.15) is 6.17 Å². The molecule has 3 heteroatoms. The van der Waals surface area contributed by atoms with E-state index in [4.69, 9.17) is 0 Å². The Labute approximate surface area is 136 Å². The molecular formula is C20H21N3. The fourth-order valence-corrected chi connectivity index (χ4v) is 3.68. The highest BCUT2D eigenvalue weighted by molar-refractivity contribution is 6.12. The maximum atomic E-state index is 4.51. The third-order valence-electron chi connectivity index (χ3n) is 4.95. The van der Waals surface area contributed by atoms with Gasteiger partial charge in [-0.1, -0.05) is 18.2 Å². The number of aryl methyl sites for hydroxylation is 2. The topological polar surface area (TPSA) is 19.4 Å². The molecule has 0 spiro atoms. The summed E-state index contributed by atoms with van der Waals surface area (Å²) in [6, 6.07) is 10.8. The molecule has 0 unspecified atom stereocenters. The summed E-state index contributed by atoms with van der Waals surface area (Å²) in [4.78, 5) is 9.10. The van der Waals surface area contributed by atoms with Crippen molar-refractivity contribution >= 4 is 27.4 Å². The van der Waals surface area contributed by atoms with E-state index in [1.807, 2.05) is 12.3 Å². The Bertz CT molecular complexity index is 942. The van der Waals surface area contributed by atoms with Crippen molar-refractivity contribution in [1.82, 2.24) is 9.88 Å². The van der Waals surface area contributed by atoms with Crippen molar-refractivity contribution in [3.63, 3.8) is 0 Å². The van der Waals surface area contributed by atoms with Gasteiger partial charge in [-0.25, -0.2) is 0 Å². The number of benzene rings is 2. The molecule has 0 saturated heterocycles. The fourth-order valence-electron chi connectivity index (χ4n) is 3.68. The van der Waals surface area contributed by atoms with E-state index in [9.17, 15) is 0 Å². The first kappa shape index (κ1) is 14.1. The number of fused-ring (bicyclic) bond motifs is 3. The van der Waals surface area contributed by atoms with Crippen molar-refractivity contribution in [3.05, 3.63) is 60.1 Å². The summed E-state index contributed by atoms with van der Waals surface area (Å²) in [5, 5.41) is 3.84. The molecule has 1 aromatic heterocycles. The summed E-state index contributed by atoms with van der Waals surface area (Å²) in [7, 11) is 2.12. The van der Waals surface area contributed by atoms with Gasteiger partial charge >= 0.3 is 0 Å². The Balaban J connectivity index is 2.09. The van der Waals surface area contributed by atoms with Crippen LogP contribution >= 0.6 is 0 Å². The molecule has 0 fully saturated rings. The SMILES string of the molecule is Cc1cc(C)c2c(ccc3ncccc32)c1N1C=CN(C)[C@@H]1C. The maximum absolute atomic E-state index is 4.51. The van der Waals surface area contributed by atoms with Gasteiger partial charge in [-0.2, -0.15) is 0 Å². The maximum Gasteiger partial charge on any atom is 0.102 e. The Morgan fingerprint density at radius 2 is 1.83 bits per heavy atom. The third kappa shape index (κ3) is 2.00. The lowest BCUT2D eigenvalue weighted by Crippen LogP contribution is -2.33. The molecular weight excluding hydrogens is 282 g/mol. The molecule has 0 N–H and O–H groups in total. The smallest absolute Gasteiger partial charge is 0.102 e. The molecule has 116 valence electrons. The summed E-state index contributed by atoms with van der Waals surface area (Å²) in [6.07, 6.45) is 6.50. The summed E-state index contributed by atoms with van der Waals surface area (Å²) in [5.74, 6) is 0. The van der Waals surface area contributed by atoms with Crippen LogP contribution in [0.1, 0.15) is 18.1 Å². The van der Waals surface area contributed by atoms with E-state index in [1.54, 1.807) is 0 Å². The van der Waals surface area contributed by atoms with Gasteiger partial charge < -0.3 is 9.80 Å². The van der Waals surface area contributed by atoms with E-state index < -0.39 is 0 Å². The van der Waals surface area contributed by atoms with E-state index in [0.717, 1.165) is 5.52 Å². The van der Waals surface area contributed by atoms with Crippen molar-refractivity contribution in [3.8, 4) is 0 Å². The molecule has 0 radical (unpaired) electrons. The summed E-state index contributed by atoms with van der Waals surface area (Å²) >= 11 is 0. The van der Waals surface area contributed by atoms with Crippen LogP contribution in [0.2, 0.25) is 0 Å². The Kier molecular flexibility index (Phi) is 3.05. The molecule has 0 amide bonds. The first-order chi connectivity index (χ1) is 11.1. The highest BCUT2D eigenvalue weighted by Crippen LogP contribution is 2.38. The lowest BCUT2D eigenvalue weighted by Gasteiger charge is -2.30. The zero-order valence-electron chi connectivity index (χ0n) is 14.0. The number of hydrogen-bond acceptors (Lipinski definition) is 3. The van der Waals surface area contributed by atoms with Crippen LogP contribution in [0.3, 0.4) is 0 Å². The van der Waals surface area contributed by atoms with Crippen LogP contribution in [-0.2, 0) is 0 Å². The van der Waals surface area contributed by atoms with Gasteiger partial charge in [0.15, 0.2) is 0 Å². The predicted octanol–water partition coefficient (Wildman–Crippen LogP) is 4.57. The molecule has 1 aliphatic heterocycles. The molecule has 23 heavy (non-hydrogen) atoms. The van der Waals surface area contributed by atoms with Gasteiger partial charge in [-0.3, -0.25) is 4.98 Å². The van der Waals surface area contributed by atoms with E-state index in [0.29, 0.717) is 6.17 Å². The number of pyridine rings is 1. The van der Waals surface area contributed by atoms with Gasteiger partial charge in [-0.15, -0.1) is 0 Å². The quantitative estimate of drug-likeness (QED) is 0.614. The monoisotopic (exact) mass is 303 g/mol. The fraction of sp³-hybridized carbons (Fsp3) is 0.250. The zero-order chi connectivity index (χ0) is 16.1. The average molecular weight is 303 g/mol. The first-order valence-electron chi connectivity index (χ1n) is 8.04. The van der Waals surface area contributed by atoms with Gasteiger partial charge in [0.05, 0.1) is 11.2 Å². The second kappa shape index (κ2) is 4.98. The number of hydrogen-bond donors (Lipinski definition) is 0. The lowest BCUT2D eigenvalue weighted by molar-refractivity contribution is 0.383. The second-order valence-electron chi connectivity index (χ2n) is 6.42. The molecule has 4 rings (SSSR count). The van der Waals surface area contributed by atoms with Crippen LogP contribution in [0, 0.1) is 13.8 Å². The van der Waals surface area contributed by atoms with E-state index in [-0.39, 0.29) is 0 Å². The summed E-state index contributed by atoms with van der Waals surface area (Å²) in [5.41, 5.74) is 4.97. The Morgan fingerprint density at radius 3 is 2.57 bits per heavy atom. The van der Waals surface area contributed by atoms with Gasteiger partial charge in [-0.05, 0) is 49.4 Å². The van der Waals surface area contributed by atoms with Crippen molar-refractivity contribution in [2.24, 2.45) is 0 Å². The molecule has 2 heterocycles. The molecule has 0 saturated carbocycles. The standard InChI is InChI=1S/C20H21N3/c1-13-12-14(2)20(23-11-10-22(4)15(23)3)17-7-8-18-16(19(13)17)6-5-9-21-18/h5-12,15H,1-4H3/t15-/m0/s1. The van der Waals surface area contributed by atoms with E-state index in [1.165, 1.54) is 33.0 Å². The first-order valence-corrected chi connectivity index (χ1v) is 8.04. The van der Waals surface area contributed by atoms with Crippen LogP contribution in [0.15, 0.2) is 48.9 Å². The lowest BCUT2D eigenvalue weighted by atomic mass is 9.95. The predicted molar refractivity (Wildman–Crippen MR) is 97.6 cm³/mol. The minimum atomic E-state index is 0.323. The minimum Gasteiger partial charge on any atom is -0.359 e. The van der Waals surface area contributed by atoms with Crippen molar-refractivity contribution in [2.45, 2.75) is 26.9 Å². The Morgan fingerprint density at radius 1 is 1.00 bits per heavy atom. The average Bonchev–Trinajstić information content (AvgIpc) is 2.86. The Hall–Kier alpha value is -2.55. The molecule has 3 aromatic rings. The van der Waals surface area contributed by atoms with Crippen molar-refractivity contribution in [2.75, 3.05) is 11.9 Å². The van der Waals surface area contributed by atoms with Gasteiger partial charge in [0.2, 0.25) is 0 Å². The van der Waals surface area contributed by atoms with E-state index >= 15 is 0 Å². The normalized spacial score (nSPS) is 17.7.